The van der Waals surface area contributed by atoms with Crippen LogP contribution in [0, 0.1) is 0 Å². The number of unbranched alkanes of at least 4 members (excludes halogenated alkanes) is 18. The molecule has 0 aromatic rings. The van der Waals surface area contributed by atoms with Gasteiger partial charge in [0.15, 0.2) is 10.3 Å². The van der Waals surface area contributed by atoms with Gasteiger partial charge in [-0.2, -0.15) is 4.99 Å². The van der Waals surface area contributed by atoms with Crippen molar-refractivity contribution in [3.63, 3.8) is 0 Å². The van der Waals surface area contributed by atoms with Crippen molar-refractivity contribution in [1.29, 1.82) is 0 Å². The molecule has 0 unspecified atom stereocenters. The van der Waals surface area contributed by atoms with Crippen molar-refractivity contribution in [3.8, 4) is 0 Å². The summed E-state index contributed by atoms with van der Waals surface area (Å²) in [5.41, 5.74) is 0. The summed E-state index contributed by atoms with van der Waals surface area (Å²) in [6, 6.07) is 0. The van der Waals surface area contributed by atoms with E-state index in [0.717, 1.165) is 18.3 Å². The first kappa shape index (κ1) is 34.8. The van der Waals surface area contributed by atoms with Crippen LogP contribution in [-0.2, 0) is 0 Å². The molecule has 0 saturated carbocycles. The average molecular weight is 523 g/mol. The summed E-state index contributed by atoms with van der Waals surface area (Å²) < 4.78 is 0. The summed E-state index contributed by atoms with van der Waals surface area (Å²) in [6.45, 7) is 7.32. The summed E-state index contributed by atoms with van der Waals surface area (Å²) in [4.78, 5) is 8.77. The summed E-state index contributed by atoms with van der Waals surface area (Å²) >= 11 is 8.90. The van der Waals surface area contributed by atoms with Gasteiger partial charge in [-0.15, -0.1) is 25.3 Å². The number of rotatable bonds is 23. The van der Waals surface area contributed by atoms with E-state index >= 15 is 0 Å². The molecule has 7 heteroatoms. The predicted molar refractivity (Wildman–Crippen MR) is 162 cm³/mol. The van der Waals surface area contributed by atoms with Gasteiger partial charge in [0.1, 0.15) is 6.67 Å². The molecular weight excluding hydrogens is 467 g/mol. The van der Waals surface area contributed by atoms with Gasteiger partial charge < -0.3 is 0 Å². The van der Waals surface area contributed by atoms with Crippen LogP contribution in [0.5, 0.6) is 0 Å². The third-order valence-corrected chi connectivity index (χ3v) is 7.23. The first-order valence-electron chi connectivity index (χ1n) is 14.2. The van der Waals surface area contributed by atoms with E-state index < -0.39 is 0 Å². The molecule has 0 amide bonds. The second-order valence-electron chi connectivity index (χ2n) is 9.73. The molecule has 1 aliphatic rings. The number of aliphatic imine (C=N–C) groups is 2. The standard InChI is InChI=1S/C27H54N4S2.Na.H/c1-3-5-7-9-11-13-15-17-19-21-23-30(31-25-28-26(32)29-27(31)33)24-22-20-18-16-14-12-10-8-6-4-2;;/h3-25H2,1-2H3,(H2,28,29,32,33);;. The molecule has 0 atom stereocenters. The van der Waals surface area contributed by atoms with Gasteiger partial charge in [0, 0.05) is 13.1 Å². The quantitative estimate of drug-likeness (QED) is 0.0804. The molecule has 196 valence electrons. The van der Waals surface area contributed by atoms with E-state index in [1.165, 1.54) is 128 Å². The molecule has 0 saturated heterocycles. The Bertz CT molecular complexity index is 493. The zero-order valence-corrected chi connectivity index (χ0v) is 23.7. The molecule has 1 rings (SSSR count). The number of amidine groups is 2. The number of hydrazine groups is 1. The van der Waals surface area contributed by atoms with E-state index in [1.807, 2.05) is 0 Å². The molecule has 0 radical (unpaired) electrons. The van der Waals surface area contributed by atoms with Crippen LogP contribution in [0.25, 0.3) is 0 Å². The molecule has 0 N–H and O–H groups in total. The van der Waals surface area contributed by atoms with E-state index in [2.05, 4.69) is 59.1 Å². The summed E-state index contributed by atoms with van der Waals surface area (Å²) in [5.74, 6) is 0. The Morgan fingerprint density at radius 2 is 0.971 bits per heavy atom. The van der Waals surface area contributed by atoms with E-state index in [0.29, 0.717) is 11.8 Å². The topological polar surface area (TPSA) is 31.2 Å². The zero-order chi connectivity index (χ0) is 24.0. The molecule has 0 aliphatic carbocycles. The van der Waals surface area contributed by atoms with Crippen LogP contribution >= 0.6 is 25.3 Å². The van der Waals surface area contributed by atoms with Crippen LogP contribution in [0.2, 0.25) is 0 Å². The van der Waals surface area contributed by atoms with Crippen molar-refractivity contribution < 1.29 is 0 Å². The second kappa shape index (κ2) is 25.4. The van der Waals surface area contributed by atoms with Gasteiger partial charge >= 0.3 is 29.6 Å². The van der Waals surface area contributed by atoms with Crippen LogP contribution in [-0.4, -0.2) is 69.7 Å². The fraction of sp³-hybridized carbons (Fsp3) is 0.926. The Labute approximate surface area is 245 Å². The third kappa shape index (κ3) is 19.0. The number of hydrogen-bond donors (Lipinski definition) is 2. The molecule has 0 spiro atoms. The van der Waals surface area contributed by atoms with Crippen molar-refractivity contribution in [2.45, 2.75) is 142 Å². The Kier molecular flexibility index (Phi) is 26.0. The molecule has 0 fully saturated rings. The first-order valence-corrected chi connectivity index (χ1v) is 15.1. The third-order valence-electron chi connectivity index (χ3n) is 6.66. The van der Waals surface area contributed by atoms with Gasteiger partial charge in [0.05, 0.1) is 0 Å². The van der Waals surface area contributed by atoms with Crippen LogP contribution < -0.4 is 0 Å². The SMILES string of the molecule is CCCCCCCCCCCCN(CCCCCCCCCCCC)N1CN=C(S)N=C1S.[NaH]. The minimum absolute atomic E-state index is 0. The van der Waals surface area contributed by atoms with Crippen molar-refractivity contribution in [2.24, 2.45) is 9.98 Å². The van der Waals surface area contributed by atoms with Gasteiger partial charge in [0.2, 0.25) is 0 Å². The Morgan fingerprint density at radius 3 is 1.32 bits per heavy atom. The molecular formula is C27H55N4NaS2. The Morgan fingerprint density at radius 1 is 0.618 bits per heavy atom. The maximum absolute atomic E-state index is 4.61. The fourth-order valence-electron chi connectivity index (χ4n) is 4.51. The monoisotopic (exact) mass is 522 g/mol. The Balaban J connectivity index is 0.0000109. The van der Waals surface area contributed by atoms with Crippen molar-refractivity contribution in [1.82, 2.24) is 10.0 Å². The number of hydrogen-bond acceptors (Lipinski definition) is 4. The predicted octanol–water partition coefficient (Wildman–Crippen LogP) is 8.24. The van der Waals surface area contributed by atoms with Crippen LogP contribution in [0.15, 0.2) is 9.98 Å². The van der Waals surface area contributed by atoms with E-state index in [-0.39, 0.29) is 29.6 Å². The van der Waals surface area contributed by atoms with Gasteiger partial charge in [0.25, 0.3) is 0 Å². The number of nitrogens with zero attached hydrogens (tertiary/aromatic N) is 4. The second-order valence-corrected chi connectivity index (χ2v) is 10.5. The fourth-order valence-corrected chi connectivity index (χ4v) is 5.03. The molecule has 4 nitrogen and oxygen atoms in total. The normalized spacial score (nSPS) is 13.7. The zero-order valence-electron chi connectivity index (χ0n) is 21.9. The van der Waals surface area contributed by atoms with Crippen LogP contribution in [0.1, 0.15) is 142 Å². The van der Waals surface area contributed by atoms with Gasteiger partial charge in [-0.25, -0.2) is 10.0 Å². The van der Waals surface area contributed by atoms with Crippen LogP contribution in [0.4, 0.5) is 0 Å². The average Bonchev–Trinajstić information content (AvgIpc) is 2.80. The van der Waals surface area contributed by atoms with Crippen molar-refractivity contribution in [3.05, 3.63) is 0 Å². The van der Waals surface area contributed by atoms with Crippen molar-refractivity contribution in [2.75, 3.05) is 19.8 Å². The summed E-state index contributed by atoms with van der Waals surface area (Å²) in [7, 11) is 0. The first-order chi connectivity index (χ1) is 16.2. The van der Waals surface area contributed by atoms with E-state index in [9.17, 15) is 0 Å². The molecule has 1 heterocycles. The number of thiol groups is 2. The van der Waals surface area contributed by atoms with Gasteiger partial charge in [-0.3, -0.25) is 5.01 Å². The van der Waals surface area contributed by atoms with Crippen molar-refractivity contribution >= 4 is 65.2 Å². The van der Waals surface area contributed by atoms with Gasteiger partial charge in [-0.05, 0) is 12.8 Å². The van der Waals surface area contributed by atoms with E-state index in [1.54, 1.807) is 0 Å². The van der Waals surface area contributed by atoms with Crippen LogP contribution in [0.3, 0.4) is 0 Å². The van der Waals surface area contributed by atoms with Gasteiger partial charge in [-0.1, -0.05) is 129 Å². The summed E-state index contributed by atoms with van der Waals surface area (Å²) in [6.07, 6.45) is 27.4. The molecule has 0 bridgehead atoms. The summed E-state index contributed by atoms with van der Waals surface area (Å²) in [5, 5.41) is 5.85. The minimum atomic E-state index is 0. The maximum atomic E-state index is 4.61. The molecule has 34 heavy (non-hydrogen) atoms. The molecule has 0 aromatic carbocycles. The molecule has 0 aromatic heterocycles. The molecule has 1 aliphatic heterocycles. The Hall–Kier alpha value is 0.800. The van der Waals surface area contributed by atoms with E-state index in [4.69, 9.17) is 0 Å².